The second-order valence-electron chi connectivity index (χ2n) is 4.05. The average Bonchev–Trinajstić information content (AvgIpc) is 2.33. The molecular weight excluding hydrogens is 250 g/mol. The predicted molar refractivity (Wildman–Crippen MR) is 75.9 cm³/mol. The van der Waals surface area contributed by atoms with Gasteiger partial charge < -0.3 is 16.0 Å². The summed E-state index contributed by atoms with van der Waals surface area (Å²) in [6.45, 7) is 6.60. The Labute approximate surface area is 113 Å². The first-order valence-electron chi connectivity index (χ1n) is 6.10. The van der Waals surface area contributed by atoms with Crippen LogP contribution in [0.15, 0.2) is 18.2 Å². The summed E-state index contributed by atoms with van der Waals surface area (Å²) < 4.78 is 0. The summed E-state index contributed by atoms with van der Waals surface area (Å²) in [7, 11) is 0. The van der Waals surface area contributed by atoms with Gasteiger partial charge in [-0.2, -0.15) is 0 Å². The minimum Gasteiger partial charge on any atom is -0.368 e. The second kappa shape index (κ2) is 7.24. The van der Waals surface area contributed by atoms with Gasteiger partial charge in [-0.15, -0.1) is 0 Å². The number of carbonyl (C=O) groups is 1. The van der Waals surface area contributed by atoms with Crippen LogP contribution in [0.3, 0.4) is 0 Å². The number of benzene rings is 1. The Hall–Kier alpha value is -1.26. The molecule has 1 amide bonds. The maximum Gasteiger partial charge on any atom is 0.236 e. The normalized spacial score (nSPS) is 10.4. The third-order valence-electron chi connectivity index (χ3n) is 2.66. The molecule has 0 atom stereocenters. The van der Waals surface area contributed by atoms with Crippen molar-refractivity contribution in [3.63, 3.8) is 0 Å². The lowest BCUT2D eigenvalue weighted by Crippen LogP contribution is -2.33. The molecule has 1 aromatic rings. The number of halogens is 1. The number of nitrogens with zero attached hydrogens (tertiary/aromatic N) is 1. The average molecular weight is 270 g/mol. The fourth-order valence-corrected chi connectivity index (χ4v) is 2.06. The molecule has 0 unspecified atom stereocenters. The topological polar surface area (TPSA) is 58.4 Å². The molecule has 0 bridgehead atoms. The van der Waals surface area contributed by atoms with Crippen molar-refractivity contribution < 1.29 is 4.79 Å². The Morgan fingerprint density at radius 1 is 1.44 bits per heavy atom. The molecule has 0 saturated heterocycles. The van der Waals surface area contributed by atoms with Gasteiger partial charge in [0.05, 0.1) is 17.3 Å². The first-order valence-corrected chi connectivity index (χ1v) is 6.48. The number of likely N-dealkylation sites (N-methyl/N-ethyl adjacent to an activating group) is 1. The minimum atomic E-state index is -0.357. The van der Waals surface area contributed by atoms with Crippen LogP contribution in [0.25, 0.3) is 0 Å². The molecule has 0 aromatic heterocycles. The Morgan fingerprint density at radius 2 is 2.17 bits per heavy atom. The van der Waals surface area contributed by atoms with Crippen molar-refractivity contribution in [3.05, 3.63) is 28.8 Å². The highest BCUT2D eigenvalue weighted by Gasteiger charge is 2.11. The van der Waals surface area contributed by atoms with Crippen LogP contribution in [0, 0.1) is 0 Å². The van der Waals surface area contributed by atoms with Crippen LogP contribution in [0.4, 0.5) is 5.69 Å². The zero-order valence-electron chi connectivity index (χ0n) is 10.9. The van der Waals surface area contributed by atoms with Gasteiger partial charge in [0.15, 0.2) is 0 Å². The third-order valence-corrected chi connectivity index (χ3v) is 2.96. The highest BCUT2D eigenvalue weighted by Crippen LogP contribution is 2.26. The summed E-state index contributed by atoms with van der Waals surface area (Å²) >= 11 is 6.24. The number of carbonyl (C=O) groups excluding carboxylic acids is 1. The summed E-state index contributed by atoms with van der Waals surface area (Å²) in [6.07, 6.45) is 0. The van der Waals surface area contributed by atoms with E-state index >= 15 is 0 Å². The smallest absolute Gasteiger partial charge is 0.236 e. The van der Waals surface area contributed by atoms with Crippen LogP contribution < -0.4 is 16.0 Å². The van der Waals surface area contributed by atoms with E-state index in [-0.39, 0.29) is 12.5 Å². The largest absolute Gasteiger partial charge is 0.368 e. The fourth-order valence-electron chi connectivity index (χ4n) is 1.74. The van der Waals surface area contributed by atoms with Gasteiger partial charge in [0.1, 0.15) is 0 Å². The molecule has 3 N–H and O–H groups in total. The Morgan fingerprint density at radius 3 is 2.67 bits per heavy atom. The molecule has 0 aliphatic heterocycles. The first-order chi connectivity index (χ1) is 8.58. The third kappa shape index (κ3) is 4.20. The minimum absolute atomic E-state index is 0.183. The molecule has 0 fully saturated rings. The lowest BCUT2D eigenvalue weighted by molar-refractivity contribution is -0.116. The van der Waals surface area contributed by atoms with Gasteiger partial charge in [0.2, 0.25) is 5.91 Å². The van der Waals surface area contributed by atoms with E-state index in [1.54, 1.807) is 0 Å². The molecule has 5 heteroatoms. The summed E-state index contributed by atoms with van der Waals surface area (Å²) in [6, 6.07) is 5.86. The van der Waals surface area contributed by atoms with Gasteiger partial charge in [-0.3, -0.25) is 4.79 Å². The molecule has 1 rings (SSSR count). The van der Waals surface area contributed by atoms with Crippen LogP contribution in [0.2, 0.25) is 5.02 Å². The molecule has 0 heterocycles. The number of hydrogen-bond donors (Lipinski definition) is 2. The van der Waals surface area contributed by atoms with E-state index in [1.807, 2.05) is 30.0 Å². The van der Waals surface area contributed by atoms with Crippen molar-refractivity contribution in [2.75, 3.05) is 24.5 Å². The Kier molecular flexibility index (Phi) is 5.95. The van der Waals surface area contributed by atoms with Gasteiger partial charge >= 0.3 is 0 Å². The van der Waals surface area contributed by atoms with E-state index in [0.717, 1.165) is 24.3 Å². The molecule has 0 radical (unpaired) electrons. The number of rotatable bonds is 7. The molecule has 0 saturated carbocycles. The monoisotopic (exact) mass is 269 g/mol. The predicted octanol–water partition coefficient (Wildman–Crippen LogP) is 1.76. The molecule has 0 aliphatic carbocycles. The summed E-state index contributed by atoms with van der Waals surface area (Å²) in [5, 5.41) is 3.89. The Bertz CT molecular complexity index is 409. The van der Waals surface area contributed by atoms with E-state index in [4.69, 9.17) is 17.3 Å². The number of hydrogen-bond acceptors (Lipinski definition) is 3. The van der Waals surface area contributed by atoms with E-state index in [2.05, 4.69) is 12.2 Å². The van der Waals surface area contributed by atoms with Crippen LogP contribution >= 0.6 is 11.6 Å². The molecule has 18 heavy (non-hydrogen) atoms. The number of nitrogens with two attached hydrogens (primary N) is 1. The van der Waals surface area contributed by atoms with Crippen LogP contribution in [0.1, 0.15) is 19.4 Å². The van der Waals surface area contributed by atoms with Gasteiger partial charge in [-0.1, -0.05) is 24.6 Å². The molecular formula is C13H20ClN3O. The molecule has 0 spiro atoms. The number of primary amides is 1. The van der Waals surface area contributed by atoms with Crippen molar-refractivity contribution >= 4 is 23.2 Å². The highest BCUT2D eigenvalue weighted by molar-refractivity contribution is 6.33. The quantitative estimate of drug-likeness (QED) is 0.793. The van der Waals surface area contributed by atoms with E-state index in [1.165, 1.54) is 0 Å². The maximum absolute atomic E-state index is 11.0. The number of amides is 1. The standard InChI is InChI=1S/C13H20ClN3O/c1-3-16-8-10-5-6-12(11(14)7-10)17(4-2)9-13(15)18/h5-7,16H,3-4,8-9H2,1-2H3,(H2,15,18). The molecule has 100 valence electrons. The van der Waals surface area contributed by atoms with Gasteiger partial charge in [-0.25, -0.2) is 0 Å². The SMILES string of the molecule is CCNCc1ccc(N(CC)CC(N)=O)c(Cl)c1. The fraction of sp³-hybridized carbons (Fsp3) is 0.462. The zero-order valence-corrected chi connectivity index (χ0v) is 11.6. The molecule has 1 aromatic carbocycles. The van der Waals surface area contributed by atoms with Crippen molar-refractivity contribution in [2.24, 2.45) is 5.73 Å². The van der Waals surface area contributed by atoms with Gasteiger partial charge in [0, 0.05) is 13.1 Å². The van der Waals surface area contributed by atoms with Gasteiger partial charge in [-0.05, 0) is 31.2 Å². The van der Waals surface area contributed by atoms with Crippen LogP contribution in [-0.4, -0.2) is 25.5 Å². The van der Waals surface area contributed by atoms with Gasteiger partial charge in [0.25, 0.3) is 0 Å². The van der Waals surface area contributed by atoms with Crippen LogP contribution in [-0.2, 0) is 11.3 Å². The van der Waals surface area contributed by atoms with Crippen LogP contribution in [0.5, 0.6) is 0 Å². The summed E-state index contributed by atoms with van der Waals surface area (Å²) in [5.41, 5.74) is 7.19. The number of nitrogens with one attached hydrogen (secondary N) is 1. The van der Waals surface area contributed by atoms with E-state index in [9.17, 15) is 4.79 Å². The van der Waals surface area contributed by atoms with E-state index < -0.39 is 0 Å². The molecule has 4 nitrogen and oxygen atoms in total. The lowest BCUT2D eigenvalue weighted by Gasteiger charge is -2.23. The van der Waals surface area contributed by atoms with Crippen molar-refractivity contribution in [2.45, 2.75) is 20.4 Å². The van der Waals surface area contributed by atoms with Crippen molar-refractivity contribution in [3.8, 4) is 0 Å². The maximum atomic E-state index is 11.0. The zero-order chi connectivity index (χ0) is 13.5. The van der Waals surface area contributed by atoms with Crippen molar-refractivity contribution in [1.82, 2.24) is 5.32 Å². The lowest BCUT2D eigenvalue weighted by atomic mass is 10.2. The highest BCUT2D eigenvalue weighted by atomic mass is 35.5. The molecule has 0 aliphatic rings. The van der Waals surface area contributed by atoms with Crippen molar-refractivity contribution in [1.29, 1.82) is 0 Å². The van der Waals surface area contributed by atoms with E-state index in [0.29, 0.717) is 11.6 Å². The number of anilines is 1. The summed E-state index contributed by atoms with van der Waals surface area (Å²) in [4.78, 5) is 12.9. The second-order valence-corrected chi connectivity index (χ2v) is 4.45. The first kappa shape index (κ1) is 14.8. The summed E-state index contributed by atoms with van der Waals surface area (Å²) in [5.74, 6) is -0.357. The Balaban J connectivity index is 2.85.